The molecule has 2 nitrogen and oxygen atoms in total. The first kappa shape index (κ1) is 10.1. The van der Waals surface area contributed by atoms with E-state index in [1.165, 1.54) is 0 Å². The second-order valence-corrected chi connectivity index (χ2v) is 4.52. The van der Waals surface area contributed by atoms with E-state index < -0.39 is 11.1 Å². The summed E-state index contributed by atoms with van der Waals surface area (Å²) < 4.78 is 17.3. The lowest BCUT2D eigenvalue weighted by atomic mass is 10.4. The van der Waals surface area contributed by atoms with Gasteiger partial charge >= 0.3 is 0 Å². The minimum atomic E-state index is -1.30. The Morgan fingerprint density at radius 2 is 2.00 bits per heavy atom. The highest BCUT2D eigenvalue weighted by Crippen LogP contribution is 2.10. The van der Waals surface area contributed by atoms with Gasteiger partial charge in [-0.2, -0.15) is 0 Å². The summed E-state index contributed by atoms with van der Waals surface area (Å²) in [5.41, 5.74) is 0. The van der Waals surface area contributed by atoms with E-state index in [1.54, 1.807) is 0 Å². The van der Waals surface area contributed by atoms with Gasteiger partial charge in [-0.25, -0.2) is 4.21 Å². The lowest BCUT2D eigenvalue weighted by molar-refractivity contribution is 0.371. The maximum Gasteiger partial charge on any atom is 0.189 e. The first-order chi connectivity index (χ1) is 5.74. The lowest BCUT2D eigenvalue weighted by Crippen LogP contribution is -1.96. The summed E-state index contributed by atoms with van der Waals surface area (Å²) in [5.74, 6) is 0. The Morgan fingerprint density at radius 1 is 1.42 bits per heavy atom. The average Bonchev–Trinajstić information content (AvgIpc) is 2.06. The van der Waals surface area contributed by atoms with Crippen LogP contribution in [-0.2, 0) is 15.3 Å². The van der Waals surface area contributed by atoms with Gasteiger partial charge in [-0.15, -0.1) is 0 Å². The predicted molar refractivity (Wildman–Crippen MR) is 57.2 cm³/mol. The molecule has 0 radical (unpaired) electrons. The summed E-state index contributed by atoms with van der Waals surface area (Å²) in [6.45, 7) is 2.29. The predicted octanol–water partition coefficient (Wildman–Crippen LogP) is 2.35. The smallest absolute Gasteiger partial charge is 0.189 e. The van der Waals surface area contributed by atoms with Gasteiger partial charge in [0.05, 0.1) is 11.5 Å². The number of hydrogen-bond donors (Lipinski definition) is 0. The standard InChI is InChI=1S/C8H9IO2S/c1-2-11-12(10)8-5-3-7(9)4-6-8/h3-6H,2H2,1H3/t12-/m1/s1. The fourth-order valence-corrected chi connectivity index (χ4v) is 1.79. The summed E-state index contributed by atoms with van der Waals surface area (Å²) in [6, 6.07) is 7.45. The van der Waals surface area contributed by atoms with Gasteiger partial charge in [-0.1, -0.05) is 0 Å². The fourth-order valence-electron chi connectivity index (χ4n) is 0.721. The molecular formula is C8H9IO2S. The van der Waals surface area contributed by atoms with Crippen LogP contribution in [-0.4, -0.2) is 10.8 Å². The van der Waals surface area contributed by atoms with Gasteiger partial charge < -0.3 is 0 Å². The number of rotatable bonds is 3. The Kier molecular flexibility index (Phi) is 4.17. The molecule has 0 heterocycles. The first-order valence-electron chi connectivity index (χ1n) is 3.54. The second kappa shape index (κ2) is 4.94. The molecule has 1 rings (SSSR count). The molecule has 0 spiro atoms. The topological polar surface area (TPSA) is 26.3 Å². The Bertz CT molecular complexity index is 271. The monoisotopic (exact) mass is 296 g/mol. The van der Waals surface area contributed by atoms with E-state index in [0.717, 1.165) is 8.47 Å². The van der Waals surface area contributed by atoms with Crippen molar-refractivity contribution >= 4 is 33.7 Å². The van der Waals surface area contributed by atoms with E-state index >= 15 is 0 Å². The van der Waals surface area contributed by atoms with Crippen LogP contribution in [0.2, 0.25) is 0 Å². The van der Waals surface area contributed by atoms with Crippen LogP contribution in [0.15, 0.2) is 29.2 Å². The second-order valence-electron chi connectivity index (χ2n) is 2.10. The molecule has 0 N–H and O–H groups in total. The zero-order chi connectivity index (χ0) is 8.97. The quantitative estimate of drug-likeness (QED) is 0.800. The highest BCUT2D eigenvalue weighted by Gasteiger charge is 2.01. The third kappa shape index (κ3) is 2.84. The Balaban J connectivity index is 2.75. The Labute approximate surface area is 88.1 Å². The van der Waals surface area contributed by atoms with E-state index in [9.17, 15) is 4.21 Å². The van der Waals surface area contributed by atoms with Crippen molar-refractivity contribution in [3.05, 3.63) is 27.8 Å². The molecule has 0 aromatic heterocycles. The summed E-state index contributed by atoms with van der Waals surface area (Å²) in [4.78, 5) is 0.720. The van der Waals surface area contributed by atoms with Gasteiger partial charge in [-0.3, -0.25) is 4.18 Å². The zero-order valence-electron chi connectivity index (χ0n) is 6.62. The van der Waals surface area contributed by atoms with Crippen molar-refractivity contribution in [3.8, 4) is 0 Å². The molecule has 1 aromatic rings. The van der Waals surface area contributed by atoms with E-state index in [2.05, 4.69) is 22.6 Å². The average molecular weight is 296 g/mol. The van der Waals surface area contributed by atoms with Crippen molar-refractivity contribution in [1.29, 1.82) is 0 Å². The molecule has 0 saturated heterocycles. The zero-order valence-corrected chi connectivity index (χ0v) is 9.59. The normalized spacial score (nSPS) is 12.8. The van der Waals surface area contributed by atoms with Gasteiger partial charge in [0.1, 0.15) is 0 Å². The maximum atomic E-state index is 11.2. The minimum absolute atomic E-state index is 0.471. The third-order valence-electron chi connectivity index (χ3n) is 1.23. The molecule has 0 aliphatic carbocycles. The molecule has 1 aromatic carbocycles. The van der Waals surface area contributed by atoms with Crippen LogP contribution in [0.5, 0.6) is 0 Å². The number of halogens is 1. The SMILES string of the molecule is CCO[S@@](=O)c1ccc(I)cc1. The summed E-state index contributed by atoms with van der Waals surface area (Å²) >= 11 is 0.906. The number of benzene rings is 1. The molecule has 0 amide bonds. The largest absolute Gasteiger partial charge is 0.287 e. The molecule has 12 heavy (non-hydrogen) atoms. The minimum Gasteiger partial charge on any atom is -0.287 e. The molecule has 0 unspecified atom stereocenters. The molecule has 0 fully saturated rings. The van der Waals surface area contributed by atoms with Crippen LogP contribution >= 0.6 is 22.6 Å². The van der Waals surface area contributed by atoms with Gasteiger partial charge in [0.15, 0.2) is 11.1 Å². The van der Waals surface area contributed by atoms with E-state index in [0.29, 0.717) is 6.61 Å². The summed E-state index contributed by atoms with van der Waals surface area (Å²) in [5, 5.41) is 0. The van der Waals surface area contributed by atoms with Crippen LogP contribution in [0.25, 0.3) is 0 Å². The van der Waals surface area contributed by atoms with E-state index in [4.69, 9.17) is 4.18 Å². The highest BCUT2D eigenvalue weighted by atomic mass is 127. The number of hydrogen-bond acceptors (Lipinski definition) is 2. The van der Waals surface area contributed by atoms with Gasteiger partial charge in [0, 0.05) is 3.57 Å². The summed E-state index contributed by atoms with van der Waals surface area (Å²) in [7, 11) is 0. The van der Waals surface area contributed by atoms with Crippen molar-refractivity contribution in [2.75, 3.05) is 6.61 Å². The molecule has 4 heteroatoms. The molecule has 0 aliphatic rings. The van der Waals surface area contributed by atoms with E-state index in [1.807, 2.05) is 31.2 Å². The maximum absolute atomic E-state index is 11.2. The van der Waals surface area contributed by atoms with Crippen LogP contribution < -0.4 is 0 Å². The Morgan fingerprint density at radius 3 is 2.50 bits per heavy atom. The Hall–Kier alpha value is 0.0600. The fraction of sp³-hybridized carbons (Fsp3) is 0.250. The summed E-state index contributed by atoms with van der Waals surface area (Å²) in [6.07, 6.45) is 0. The van der Waals surface area contributed by atoms with Gasteiger partial charge in [-0.05, 0) is 53.8 Å². The molecular weight excluding hydrogens is 287 g/mol. The first-order valence-corrected chi connectivity index (χ1v) is 5.70. The molecule has 0 saturated carbocycles. The van der Waals surface area contributed by atoms with Crippen LogP contribution in [0.3, 0.4) is 0 Å². The van der Waals surface area contributed by atoms with Crippen molar-refractivity contribution in [2.45, 2.75) is 11.8 Å². The van der Waals surface area contributed by atoms with Crippen LogP contribution in [0.4, 0.5) is 0 Å². The van der Waals surface area contributed by atoms with Crippen molar-refractivity contribution in [3.63, 3.8) is 0 Å². The van der Waals surface area contributed by atoms with Gasteiger partial charge in [0.25, 0.3) is 0 Å². The van der Waals surface area contributed by atoms with E-state index in [-0.39, 0.29) is 0 Å². The molecule has 66 valence electrons. The van der Waals surface area contributed by atoms with Crippen LogP contribution in [0.1, 0.15) is 6.92 Å². The highest BCUT2D eigenvalue weighted by molar-refractivity contribution is 14.1. The third-order valence-corrected chi connectivity index (χ3v) is 3.06. The van der Waals surface area contributed by atoms with Gasteiger partial charge in [0.2, 0.25) is 0 Å². The molecule has 0 aliphatic heterocycles. The van der Waals surface area contributed by atoms with Crippen molar-refractivity contribution in [1.82, 2.24) is 0 Å². The van der Waals surface area contributed by atoms with Crippen molar-refractivity contribution in [2.24, 2.45) is 0 Å². The van der Waals surface area contributed by atoms with Crippen molar-refractivity contribution < 1.29 is 8.39 Å². The molecule has 1 atom stereocenters. The lowest BCUT2D eigenvalue weighted by Gasteiger charge is -1.99. The van der Waals surface area contributed by atoms with Crippen LogP contribution in [0, 0.1) is 3.57 Å². The molecule has 0 bridgehead atoms.